The number of benzene rings is 2. The van der Waals surface area contributed by atoms with E-state index in [1.54, 1.807) is 31.2 Å². The molecule has 0 heterocycles. The number of nitrogens with one attached hydrogen (secondary N) is 1. The number of hydrogen-bond acceptors (Lipinski definition) is 4. The van der Waals surface area contributed by atoms with Gasteiger partial charge in [-0.1, -0.05) is 32.9 Å². The molecule has 4 nitrogen and oxygen atoms in total. The highest BCUT2D eigenvalue weighted by Crippen LogP contribution is 2.28. The highest BCUT2D eigenvalue weighted by molar-refractivity contribution is 6.04. The Balaban J connectivity index is 2.23. The van der Waals surface area contributed by atoms with E-state index in [9.17, 15) is 9.59 Å². The quantitative estimate of drug-likeness (QED) is 0.631. The second kappa shape index (κ2) is 7.30. The topological polar surface area (TPSA) is 55.4 Å². The third-order valence-electron chi connectivity index (χ3n) is 3.53. The zero-order valence-electron chi connectivity index (χ0n) is 14.6. The summed E-state index contributed by atoms with van der Waals surface area (Å²) in [5, 5.41) is 3.25. The van der Waals surface area contributed by atoms with E-state index in [1.165, 1.54) is 0 Å². The summed E-state index contributed by atoms with van der Waals surface area (Å²) in [6.07, 6.45) is 0. The van der Waals surface area contributed by atoms with E-state index in [2.05, 4.69) is 5.32 Å². The van der Waals surface area contributed by atoms with Crippen LogP contribution in [-0.2, 0) is 4.74 Å². The fourth-order valence-corrected chi connectivity index (χ4v) is 2.25. The Kier molecular flexibility index (Phi) is 5.39. The van der Waals surface area contributed by atoms with Crippen LogP contribution in [0.2, 0.25) is 0 Å². The Hall–Kier alpha value is -2.62. The van der Waals surface area contributed by atoms with Gasteiger partial charge in [0, 0.05) is 22.4 Å². The van der Waals surface area contributed by atoms with Crippen molar-refractivity contribution < 1.29 is 14.3 Å². The Labute approximate surface area is 142 Å². The summed E-state index contributed by atoms with van der Waals surface area (Å²) in [7, 11) is 0. The van der Waals surface area contributed by atoms with Gasteiger partial charge in [0.2, 0.25) is 0 Å². The van der Waals surface area contributed by atoms with E-state index in [4.69, 9.17) is 4.74 Å². The van der Waals surface area contributed by atoms with E-state index in [0.717, 1.165) is 11.4 Å². The lowest BCUT2D eigenvalue weighted by Gasteiger charge is -2.19. The van der Waals surface area contributed by atoms with E-state index in [-0.39, 0.29) is 11.8 Å². The predicted octanol–water partition coefficient (Wildman–Crippen LogP) is 4.84. The van der Waals surface area contributed by atoms with Gasteiger partial charge in [-0.25, -0.2) is 4.79 Å². The van der Waals surface area contributed by atoms with Gasteiger partial charge in [0.05, 0.1) is 12.2 Å². The van der Waals surface area contributed by atoms with Crippen molar-refractivity contribution in [3.63, 3.8) is 0 Å². The smallest absolute Gasteiger partial charge is 0.338 e. The number of esters is 1. The maximum absolute atomic E-state index is 12.6. The molecule has 4 heteroatoms. The van der Waals surface area contributed by atoms with E-state index in [1.807, 2.05) is 45.0 Å². The summed E-state index contributed by atoms with van der Waals surface area (Å²) in [6, 6.07) is 14.4. The Bertz CT molecular complexity index is 727. The predicted molar refractivity (Wildman–Crippen MR) is 95.9 cm³/mol. The number of carbonyl (C=O) groups excluding carboxylic acids is 2. The van der Waals surface area contributed by atoms with Crippen molar-refractivity contribution in [3.05, 3.63) is 59.7 Å². The minimum Gasteiger partial charge on any atom is -0.462 e. The van der Waals surface area contributed by atoms with Gasteiger partial charge in [-0.05, 0) is 43.3 Å². The second-order valence-electron chi connectivity index (χ2n) is 6.55. The van der Waals surface area contributed by atoms with E-state index in [0.29, 0.717) is 17.7 Å². The molecular weight excluding hydrogens is 302 g/mol. The maximum atomic E-state index is 12.6. The average molecular weight is 325 g/mol. The molecule has 2 aromatic rings. The molecule has 0 fully saturated rings. The molecule has 0 aliphatic rings. The van der Waals surface area contributed by atoms with Crippen molar-refractivity contribution in [3.8, 4) is 0 Å². The van der Waals surface area contributed by atoms with Crippen LogP contribution in [0.1, 0.15) is 48.4 Å². The van der Waals surface area contributed by atoms with Crippen LogP contribution < -0.4 is 5.32 Å². The summed E-state index contributed by atoms with van der Waals surface area (Å²) in [6.45, 7) is 7.83. The molecular formula is C20H23NO3. The number of ketones is 1. The highest BCUT2D eigenvalue weighted by Gasteiger charge is 2.24. The number of para-hydroxylation sites is 1. The SMILES string of the molecule is CCOC(=O)c1ccc(Nc2ccccc2C(=O)C(C)(C)C)cc1. The lowest BCUT2D eigenvalue weighted by atomic mass is 9.86. The van der Waals surface area contributed by atoms with Gasteiger partial charge >= 0.3 is 5.97 Å². The standard InChI is InChI=1S/C20H23NO3/c1-5-24-19(23)14-10-12-15(13-11-14)21-17-9-7-6-8-16(17)18(22)20(2,3)4/h6-13,21H,5H2,1-4H3. The molecule has 0 aliphatic carbocycles. The second-order valence-corrected chi connectivity index (χ2v) is 6.55. The number of ether oxygens (including phenoxy) is 1. The first kappa shape index (κ1) is 17.7. The van der Waals surface area contributed by atoms with Crippen molar-refractivity contribution >= 4 is 23.1 Å². The normalized spacial score (nSPS) is 11.0. The molecule has 0 aliphatic heterocycles. The molecule has 2 aromatic carbocycles. The van der Waals surface area contributed by atoms with Crippen LogP contribution in [-0.4, -0.2) is 18.4 Å². The van der Waals surface area contributed by atoms with Crippen LogP contribution in [0.3, 0.4) is 0 Å². The summed E-state index contributed by atoms with van der Waals surface area (Å²) >= 11 is 0. The van der Waals surface area contributed by atoms with Gasteiger partial charge in [0.1, 0.15) is 0 Å². The van der Waals surface area contributed by atoms with Gasteiger partial charge in [-0.3, -0.25) is 4.79 Å². The third-order valence-corrected chi connectivity index (χ3v) is 3.53. The summed E-state index contributed by atoms with van der Waals surface area (Å²) in [4.78, 5) is 24.3. The number of rotatable bonds is 5. The molecule has 0 atom stereocenters. The number of anilines is 2. The van der Waals surface area contributed by atoms with Crippen LogP contribution in [0.4, 0.5) is 11.4 Å². The molecule has 0 radical (unpaired) electrons. The van der Waals surface area contributed by atoms with E-state index < -0.39 is 5.41 Å². The Morgan fingerprint density at radius 3 is 2.21 bits per heavy atom. The fraction of sp³-hybridized carbons (Fsp3) is 0.300. The molecule has 126 valence electrons. The maximum Gasteiger partial charge on any atom is 0.338 e. The first-order chi connectivity index (χ1) is 11.3. The summed E-state index contributed by atoms with van der Waals surface area (Å²) in [5.74, 6) is -0.263. The molecule has 1 N–H and O–H groups in total. The minimum absolute atomic E-state index is 0.0775. The van der Waals surface area contributed by atoms with Gasteiger partial charge in [-0.2, -0.15) is 0 Å². The van der Waals surface area contributed by atoms with Crippen LogP contribution in [0.5, 0.6) is 0 Å². The number of hydrogen-bond donors (Lipinski definition) is 1. The van der Waals surface area contributed by atoms with Crippen molar-refractivity contribution in [2.45, 2.75) is 27.7 Å². The largest absolute Gasteiger partial charge is 0.462 e. The van der Waals surface area contributed by atoms with Crippen molar-refractivity contribution in [2.24, 2.45) is 5.41 Å². The molecule has 0 bridgehead atoms. The molecule has 0 amide bonds. The first-order valence-corrected chi connectivity index (χ1v) is 8.01. The van der Waals surface area contributed by atoms with Crippen LogP contribution in [0.25, 0.3) is 0 Å². The van der Waals surface area contributed by atoms with Gasteiger partial charge in [0.15, 0.2) is 5.78 Å². The zero-order chi connectivity index (χ0) is 17.7. The fourth-order valence-electron chi connectivity index (χ4n) is 2.25. The van der Waals surface area contributed by atoms with Gasteiger partial charge < -0.3 is 10.1 Å². The molecule has 0 saturated heterocycles. The van der Waals surface area contributed by atoms with E-state index >= 15 is 0 Å². The number of carbonyl (C=O) groups is 2. The number of Topliss-reactive ketones (excluding diaryl/α,β-unsaturated/α-hetero) is 1. The molecule has 24 heavy (non-hydrogen) atoms. The van der Waals surface area contributed by atoms with Crippen LogP contribution in [0, 0.1) is 5.41 Å². The van der Waals surface area contributed by atoms with Gasteiger partial charge in [0.25, 0.3) is 0 Å². The van der Waals surface area contributed by atoms with Crippen LogP contribution in [0.15, 0.2) is 48.5 Å². The Morgan fingerprint density at radius 1 is 1.00 bits per heavy atom. The molecule has 0 aromatic heterocycles. The lowest BCUT2D eigenvalue weighted by molar-refractivity contribution is 0.0526. The lowest BCUT2D eigenvalue weighted by Crippen LogP contribution is -2.21. The monoisotopic (exact) mass is 325 g/mol. The summed E-state index contributed by atoms with van der Waals surface area (Å²) in [5.41, 5.74) is 2.25. The minimum atomic E-state index is -0.453. The molecule has 0 spiro atoms. The molecule has 0 unspecified atom stereocenters. The third kappa shape index (κ3) is 4.22. The van der Waals surface area contributed by atoms with Crippen molar-refractivity contribution in [1.82, 2.24) is 0 Å². The van der Waals surface area contributed by atoms with Crippen molar-refractivity contribution in [2.75, 3.05) is 11.9 Å². The van der Waals surface area contributed by atoms with Gasteiger partial charge in [-0.15, -0.1) is 0 Å². The Morgan fingerprint density at radius 2 is 1.62 bits per heavy atom. The first-order valence-electron chi connectivity index (χ1n) is 8.01. The molecule has 0 saturated carbocycles. The zero-order valence-corrected chi connectivity index (χ0v) is 14.6. The highest BCUT2D eigenvalue weighted by atomic mass is 16.5. The summed E-state index contributed by atoms with van der Waals surface area (Å²) < 4.78 is 4.97. The van der Waals surface area contributed by atoms with Crippen LogP contribution >= 0.6 is 0 Å². The van der Waals surface area contributed by atoms with Crippen molar-refractivity contribution in [1.29, 1.82) is 0 Å². The average Bonchev–Trinajstić information content (AvgIpc) is 2.55. The molecule has 2 rings (SSSR count).